The lowest BCUT2D eigenvalue weighted by Gasteiger charge is -1.97. The Balaban J connectivity index is 2.20. The van der Waals surface area contributed by atoms with Gasteiger partial charge in [-0.05, 0) is 0 Å². The Morgan fingerprint density at radius 2 is 1.48 bits per heavy atom. The molecular formula is C17H10N4. The van der Waals surface area contributed by atoms with Gasteiger partial charge in [0.2, 0.25) is 0 Å². The number of nitrogens with zero attached hydrogens (tertiary/aromatic N) is 4. The largest absolute Gasteiger partial charge is 0.361 e. The van der Waals surface area contributed by atoms with Gasteiger partial charge in [-0.1, -0.05) is 60.7 Å². The summed E-state index contributed by atoms with van der Waals surface area (Å²) in [4.78, 5) is 7.79. The van der Waals surface area contributed by atoms with Crippen molar-refractivity contribution in [2.45, 2.75) is 0 Å². The van der Waals surface area contributed by atoms with Gasteiger partial charge in [-0.15, -0.1) is 0 Å². The maximum atomic E-state index is 9.39. The SMILES string of the molecule is N#CC1=C(c2ccccc2)N=C(c2ccccc2)C1=[N+]=[N-]. The second kappa shape index (κ2) is 5.38. The molecule has 0 aromatic heterocycles. The Morgan fingerprint density at radius 1 is 0.905 bits per heavy atom. The van der Waals surface area contributed by atoms with Gasteiger partial charge in [0.15, 0.2) is 11.3 Å². The van der Waals surface area contributed by atoms with Crippen molar-refractivity contribution in [3.63, 3.8) is 0 Å². The standard InChI is InChI=1S/C17H10N4/c18-11-14-15(12-7-3-1-4-8-12)20-16(17(14)21-19)13-9-5-2-6-10-13/h1-10H. The van der Waals surface area contributed by atoms with E-state index in [1.807, 2.05) is 60.7 Å². The molecule has 4 heteroatoms. The number of rotatable bonds is 2. The smallest absolute Gasteiger partial charge is 0.361 e. The molecule has 2 aromatic carbocycles. The fraction of sp³-hybridized carbons (Fsp3) is 0. The van der Waals surface area contributed by atoms with Crippen molar-refractivity contribution in [1.82, 2.24) is 0 Å². The summed E-state index contributed by atoms with van der Waals surface area (Å²) in [7, 11) is 0. The van der Waals surface area contributed by atoms with Gasteiger partial charge in [0.25, 0.3) is 0 Å². The lowest BCUT2D eigenvalue weighted by atomic mass is 10.0. The minimum absolute atomic E-state index is 0.211. The van der Waals surface area contributed by atoms with E-state index in [0.717, 1.165) is 11.1 Å². The predicted molar refractivity (Wildman–Crippen MR) is 80.6 cm³/mol. The average molecular weight is 270 g/mol. The quantitative estimate of drug-likeness (QED) is 0.610. The van der Waals surface area contributed by atoms with E-state index in [-0.39, 0.29) is 11.3 Å². The summed E-state index contributed by atoms with van der Waals surface area (Å²) in [6.45, 7) is 0. The second-order valence-corrected chi connectivity index (χ2v) is 4.48. The fourth-order valence-corrected chi connectivity index (χ4v) is 2.26. The molecule has 0 saturated heterocycles. The molecule has 0 amide bonds. The Hall–Kier alpha value is -3.28. The van der Waals surface area contributed by atoms with E-state index < -0.39 is 0 Å². The second-order valence-electron chi connectivity index (χ2n) is 4.48. The molecular weight excluding hydrogens is 260 g/mol. The molecule has 0 saturated carbocycles. The van der Waals surface area contributed by atoms with Crippen molar-refractivity contribution in [2.24, 2.45) is 4.99 Å². The third kappa shape index (κ3) is 2.18. The normalized spacial score (nSPS) is 13.7. The van der Waals surface area contributed by atoms with Crippen molar-refractivity contribution < 1.29 is 4.79 Å². The molecule has 0 aliphatic carbocycles. The van der Waals surface area contributed by atoms with E-state index in [0.29, 0.717) is 11.4 Å². The van der Waals surface area contributed by atoms with Crippen LogP contribution < -0.4 is 0 Å². The molecule has 4 nitrogen and oxygen atoms in total. The molecule has 1 heterocycles. The van der Waals surface area contributed by atoms with Crippen LogP contribution in [0.25, 0.3) is 11.2 Å². The summed E-state index contributed by atoms with van der Waals surface area (Å²) < 4.78 is 0. The molecule has 98 valence electrons. The number of aliphatic imine (C=N–C) groups is 1. The van der Waals surface area contributed by atoms with Gasteiger partial charge in [-0.2, -0.15) is 10.1 Å². The van der Waals surface area contributed by atoms with Gasteiger partial charge in [-0.25, -0.2) is 4.99 Å². The first-order valence-electron chi connectivity index (χ1n) is 6.42. The summed E-state index contributed by atoms with van der Waals surface area (Å²) in [5.41, 5.74) is 12.4. The minimum Gasteiger partial charge on any atom is -0.361 e. The number of hydrogen-bond acceptors (Lipinski definition) is 2. The van der Waals surface area contributed by atoms with Crippen molar-refractivity contribution >= 4 is 17.1 Å². The first-order valence-corrected chi connectivity index (χ1v) is 6.42. The highest BCUT2D eigenvalue weighted by atomic mass is 14.9. The van der Waals surface area contributed by atoms with Crippen LogP contribution in [0.2, 0.25) is 0 Å². The van der Waals surface area contributed by atoms with Crippen LogP contribution in [0.4, 0.5) is 0 Å². The van der Waals surface area contributed by atoms with E-state index in [1.54, 1.807) is 0 Å². The van der Waals surface area contributed by atoms with E-state index in [1.165, 1.54) is 0 Å². The molecule has 0 atom stereocenters. The van der Waals surface area contributed by atoms with Crippen LogP contribution in [-0.4, -0.2) is 16.2 Å². The predicted octanol–water partition coefficient (Wildman–Crippen LogP) is 3.09. The number of nitriles is 1. The maximum absolute atomic E-state index is 9.39. The summed E-state index contributed by atoms with van der Waals surface area (Å²) >= 11 is 0. The van der Waals surface area contributed by atoms with E-state index in [2.05, 4.69) is 15.9 Å². The number of benzene rings is 2. The summed E-state index contributed by atoms with van der Waals surface area (Å²) in [5, 5.41) is 9.39. The molecule has 2 aromatic rings. The van der Waals surface area contributed by atoms with Gasteiger partial charge in [-0.3, -0.25) is 0 Å². The molecule has 0 fully saturated rings. The molecule has 0 bridgehead atoms. The van der Waals surface area contributed by atoms with Crippen LogP contribution in [0.1, 0.15) is 11.1 Å². The lowest BCUT2D eigenvalue weighted by molar-refractivity contribution is -0.000175. The van der Waals surface area contributed by atoms with Gasteiger partial charge in [0, 0.05) is 11.1 Å². The highest BCUT2D eigenvalue weighted by Crippen LogP contribution is 2.28. The monoisotopic (exact) mass is 270 g/mol. The van der Waals surface area contributed by atoms with Crippen molar-refractivity contribution in [3.05, 3.63) is 82.9 Å². The van der Waals surface area contributed by atoms with Crippen molar-refractivity contribution in [3.8, 4) is 6.07 Å². The molecule has 0 N–H and O–H groups in total. The van der Waals surface area contributed by atoms with Crippen LogP contribution in [0, 0.1) is 11.3 Å². The molecule has 21 heavy (non-hydrogen) atoms. The zero-order valence-corrected chi connectivity index (χ0v) is 11.1. The summed E-state index contributed by atoms with van der Waals surface area (Å²) in [6, 6.07) is 20.9. The Labute approximate surface area is 121 Å². The van der Waals surface area contributed by atoms with Gasteiger partial charge in [0.1, 0.15) is 6.07 Å². The first-order chi connectivity index (χ1) is 10.3. The Bertz CT molecular complexity index is 833. The molecule has 0 spiro atoms. The highest BCUT2D eigenvalue weighted by Gasteiger charge is 2.34. The summed E-state index contributed by atoms with van der Waals surface area (Å²) in [6.07, 6.45) is 0. The first kappa shape index (κ1) is 12.7. The Kier molecular flexibility index (Phi) is 3.26. The number of allylic oxidation sites excluding steroid dienone is 1. The molecule has 0 radical (unpaired) electrons. The molecule has 0 unspecified atom stereocenters. The molecule has 3 rings (SSSR count). The third-order valence-electron chi connectivity index (χ3n) is 3.23. The number of hydrogen-bond donors (Lipinski definition) is 0. The maximum Gasteiger partial charge on any atom is 0.361 e. The van der Waals surface area contributed by atoms with Gasteiger partial charge >= 0.3 is 5.71 Å². The zero-order valence-electron chi connectivity index (χ0n) is 11.1. The van der Waals surface area contributed by atoms with Crippen molar-refractivity contribution in [1.29, 1.82) is 5.26 Å². The van der Waals surface area contributed by atoms with Crippen LogP contribution in [0.5, 0.6) is 0 Å². The van der Waals surface area contributed by atoms with Crippen LogP contribution in [-0.2, 0) is 0 Å². The minimum atomic E-state index is 0.211. The van der Waals surface area contributed by atoms with Gasteiger partial charge in [0.05, 0.1) is 5.70 Å². The topological polar surface area (TPSA) is 72.5 Å². The van der Waals surface area contributed by atoms with Crippen molar-refractivity contribution in [2.75, 3.05) is 0 Å². The van der Waals surface area contributed by atoms with Crippen LogP contribution in [0.3, 0.4) is 0 Å². The van der Waals surface area contributed by atoms with Gasteiger partial charge < -0.3 is 5.53 Å². The molecule has 1 aliphatic rings. The summed E-state index contributed by atoms with van der Waals surface area (Å²) in [5.74, 6) is 0. The van der Waals surface area contributed by atoms with E-state index >= 15 is 0 Å². The Morgan fingerprint density at radius 3 is 2.00 bits per heavy atom. The van der Waals surface area contributed by atoms with E-state index in [4.69, 9.17) is 0 Å². The lowest BCUT2D eigenvalue weighted by Crippen LogP contribution is -2.14. The fourth-order valence-electron chi connectivity index (χ4n) is 2.26. The van der Waals surface area contributed by atoms with Crippen LogP contribution in [0.15, 0.2) is 71.2 Å². The van der Waals surface area contributed by atoms with Crippen LogP contribution >= 0.6 is 0 Å². The third-order valence-corrected chi connectivity index (χ3v) is 3.23. The van der Waals surface area contributed by atoms with E-state index in [9.17, 15) is 10.8 Å². The molecule has 1 aliphatic heterocycles. The zero-order chi connectivity index (χ0) is 14.7. The highest BCUT2D eigenvalue weighted by molar-refractivity contribution is 6.56. The average Bonchev–Trinajstić information content (AvgIpc) is 2.95.